The molecule has 0 saturated heterocycles. The fourth-order valence-corrected chi connectivity index (χ4v) is 3.46. The molecule has 0 aliphatic rings. The number of esters is 1. The molecule has 31 heavy (non-hydrogen) atoms. The Morgan fingerprint density at radius 1 is 1.03 bits per heavy atom. The average Bonchev–Trinajstić information content (AvgIpc) is 3.12. The maximum absolute atomic E-state index is 12.6. The minimum Gasteiger partial charge on any atom is -0.505 e. The molecule has 8 heteroatoms. The summed E-state index contributed by atoms with van der Waals surface area (Å²) in [6, 6.07) is 11.7. The molecule has 4 aromatic rings. The number of phenolic OH excluding ortho intramolecular Hbond substituents is 1. The van der Waals surface area contributed by atoms with Gasteiger partial charge in [-0.3, -0.25) is 0 Å². The van der Waals surface area contributed by atoms with Crippen LogP contribution in [0.5, 0.6) is 11.5 Å². The van der Waals surface area contributed by atoms with Crippen LogP contribution in [0.4, 0.5) is 11.5 Å². The van der Waals surface area contributed by atoms with Crippen molar-refractivity contribution in [3.05, 3.63) is 60.6 Å². The molecule has 0 spiro atoms. The number of hydrogen-bond donors (Lipinski definition) is 3. The highest BCUT2D eigenvalue weighted by molar-refractivity contribution is 6.05. The molecule has 0 bridgehead atoms. The van der Waals surface area contributed by atoms with Gasteiger partial charge in [-0.25, -0.2) is 14.8 Å². The Balaban J connectivity index is 1.83. The second-order valence-corrected chi connectivity index (χ2v) is 8.17. The first-order valence-corrected chi connectivity index (χ1v) is 9.69. The van der Waals surface area contributed by atoms with Crippen molar-refractivity contribution in [3.8, 4) is 22.6 Å². The molecular formula is C23H23N5O3. The number of nitrogens with zero attached hydrogens (tertiary/aromatic N) is 3. The standard InChI is InChI=1S/C23H23N5O3/c1-23(2,3)28-11-16(17-20(25)26-12-27-21(17)28)14-9-10-15(19(29)18(14)24)22(30)31-13-7-5-4-6-8-13/h4-12,29H,24H2,1-3H3,(H2,25,26,27). The lowest BCUT2D eigenvalue weighted by Gasteiger charge is -2.21. The van der Waals surface area contributed by atoms with Crippen LogP contribution in [0.1, 0.15) is 31.1 Å². The highest BCUT2D eigenvalue weighted by Crippen LogP contribution is 2.41. The van der Waals surface area contributed by atoms with E-state index in [1.54, 1.807) is 30.3 Å². The number of benzene rings is 2. The van der Waals surface area contributed by atoms with Gasteiger partial charge in [0, 0.05) is 22.9 Å². The van der Waals surface area contributed by atoms with Gasteiger partial charge in [-0.1, -0.05) is 24.3 Å². The first kappa shape index (κ1) is 20.2. The number of phenols is 1. The summed E-state index contributed by atoms with van der Waals surface area (Å²) in [5, 5.41) is 11.3. The number of ether oxygens (including phenoxy) is 1. The highest BCUT2D eigenvalue weighted by atomic mass is 16.5. The van der Waals surface area contributed by atoms with E-state index in [4.69, 9.17) is 16.2 Å². The Hall–Kier alpha value is -4.07. The van der Waals surface area contributed by atoms with Gasteiger partial charge in [-0.15, -0.1) is 0 Å². The summed E-state index contributed by atoms with van der Waals surface area (Å²) in [7, 11) is 0. The maximum atomic E-state index is 12.6. The number of nitrogens with two attached hydrogens (primary N) is 2. The third-order valence-electron chi connectivity index (χ3n) is 5.02. The minimum atomic E-state index is -0.707. The zero-order valence-corrected chi connectivity index (χ0v) is 17.5. The van der Waals surface area contributed by atoms with E-state index >= 15 is 0 Å². The van der Waals surface area contributed by atoms with Crippen LogP contribution in [-0.2, 0) is 5.54 Å². The second kappa shape index (κ2) is 7.32. The Bertz CT molecular complexity index is 1290. The molecule has 2 aromatic carbocycles. The predicted octanol–water partition coefficient (Wildman–Crippen LogP) is 3.94. The van der Waals surface area contributed by atoms with E-state index in [2.05, 4.69) is 9.97 Å². The van der Waals surface area contributed by atoms with Crippen molar-refractivity contribution in [3.63, 3.8) is 0 Å². The summed E-state index contributed by atoms with van der Waals surface area (Å²) in [6.45, 7) is 6.12. The van der Waals surface area contributed by atoms with Crippen LogP contribution in [0.3, 0.4) is 0 Å². The van der Waals surface area contributed by atoms with E-state index in [0.717, 1.165) is 0 Å². The van der Waals surface area contributed by atoms with E-state index in [0.29, 0.717) is 33.7 Å². The van der Waals surface area contributed by atoms with Crippen LogP contribution < -0.4 is 16.2 Å². The summed E-state index contributed by atoms with van der Waals surface area (Å²) < 4.78 is 7.30. The molecule has 2 aromatic heterocycles. The molecule has 0 aliphatic heterocycles. The van der Waals surface area contributed by atoms with Crippen molar-refractivity contribution in [2.45, 2.75) is 26.3 Å². The lowest BCUT2D eigenvalue weighted by atomic mass is 10.0. The van der Waals surface area contributed by atoms with Crippen LogP contribution in [0.2, 0.25) is 0 Å². The fourth-order valence-electron chi connectivity index (χ4n) is 3.46. The molecule has 0 saturated carbocycles. The summed E-state index contributed by atoms with van der Waals surface area (Å²) in [5.74, 6) is -0.394. The van der Waals surface area contributed by atoms with E-state index < -0.39 is 5.97 Å². The molecule has 0 atom stereocenters. The van der Waals surface area contributed by atoms with Gasteiger partial charge in [0.1, 0.15) is 29.1 Å². The predicted molar refractivity (Wildman–Crippen MR) is 120 cm³/mol. The third-order valence-corrected chi connectivity index (χ3v) is 5.02. The molecular weight excluding hydrogens is 394 g/mol. The zero-order valence-electron chi connectivity index (χ0n) is 17.5. The lowest BCUT2D eigenvalue weighted by molar-refractivity contribution is 0.0732. The Labute approximate surface area is 179 Å². The molecule has 4 rings (SSSR count). The van der Waals surface area contributed by atoms with E-state index in [1.165, 1.54) is 12.4 Å². The number of fused-ring (bicyclic) bond motifs is 1. The Morgan fingerprint density at radius 3 is 2.42 bits per heavy atom. The number of aromatic nitrogens is 3. The monoisotopic (exact) mass is 417 g/mol. The fraction of sp³-hybridized carbons (Fsp3) is 0.174. The number of anilines is 2. The Morgan fingerprint density at radius 2 is 1.74 bits per heavy atom. The number of hydrogen-bond acceptors (Lipinski definition) is 7. The molecule has 5 N–H and O–H groups in total. The maximum Gasteiger partial charge on any atom is 0.347 e. The summed E-state index contributed by atoms with van der Waals surface area (Å²) in [5.41, 5.74) is 14.0. The molecule has 0 fully saturated rings. The van der Waals surface area contributed by atoms with Crippen molar-refractivity contribution < 1.29 is 14.6 Å². The quantitative estimate of drug-likeness (QED) is 0.199. The summed E-state index contributed by atoms with van der Waals surface area (Å²) in [4.78, 5) is 21.1. The third kappa shape index (κ3) is 3.52. The molecule has 0 amide bonds. The summed E-state index contributed by atoms with van der Waals surface area (Å²) in [6.07, 6.45) is 3.29. The summed E-state index contributed by atoms with van der Waals surface area (Å²) >= 11 is 0. The molecule has 0 radical (unpaired) electrons. The number of aromatic hydroxyl groups is 1. The van der Waals surface area contributed by atoms with Crippen LogP contribution in [-0.4, -0.2) is 25.6 Å². The van der Waals surface area contributed by atoms with Gasteiger partial charge in [0.25, 0.3) is 0 Å². The second-order valence-electron chi connectivity index (χ2n) is 8.17. The zero-order chi connectivity index (χ0) is 22.3. The van der Waals surface area contributed by atoms with Crippen LogP contribution in [0, 0.1) is 0 Å². The SMILES string of the molecule is CC(C)(C)n1cc(-c2ccc(C(=O)Oc3ccccc3)c(O)c2N)c2c(N)ncnc21. The van der Waals surface area contributed by atoms with Gasteiger partial charge in [-0.05, 0) is 39.0 Å². The van der Waals surface area contributed by atoms with Crippen molar-refractivity contribution in [2.24, 2.45) is 0 Å². The van der Waals surface area contributed by atoms with Crippen molar-refractivity contribution in [1.82, 2.24) is 14.5 Å². The van der Waals surface area contributed by atoms with Crippen molar-refractivity contribution in [2.75, 3.05) is 11.5 Å². The average molecular weight is 417 g/mol. The van der Waals surface area contributed by atoms with Crippen LogP contribution in [0.25, 0.3) is 22.2 Å². The van der Waals surface area contributed by atoms with E-state index in [9.17, 15) is 9.90 Å². The lowest BCUT2D eigenvalue weighted by Crippen LogP contribution is -2.21. The number of carbonyl (C=O) groups is 1. The van der Waals surface area contributed by atoms with E-state index in [1.807, 2.05) is 37.6 Å². The molecule has 0 unspecified atom stereocenters. The number of carbonyl (C=O) groups excluding carboxylic acids is 1. The van der Waals surface area contributed by atoms with Gasteiger partial charge in [0.2, 0.25) is 0 Å². The molecule has 8 nitrogen and oxygen atoms in total. The normalized spacial score (nSPS) is 11.6. The van der Waals surface area contributed by atoms with Crippen molar-refractivity contribution >= 4 is 28.5 Å². The van der Waals surface area contributed by atoms with Gasteiger partial charge >= 0.3 is 5.97 Å². The highest BCUT2D eigenvalue weighted by Gasteiger charge is 2.25. The van der Waals surface area contributed by atoms with Crippen LogP contribution in [0.15, 0.2) is 55.0 Å². The van der Waals surface area contributed by atoms with Gasteiger partial charge in [0.05, 0.1) is 11.1 Å². The molecule has 2 heterocycles. The van der Waals surface area contributed by atoms with Gasteiger partial charge in [-0.2, -0.15) is 0 Å². The van der Waals surface area contributed by atoms with E-state index in [-0.39, 0.29) is 22.5 Å². The smallest absolute Gasteiger partial charge is 0.347 e. The van der Waals surface area contributed by atoms with Gasteiger partial charge < -0.3 is 25.9 Å². The topological polar surface area (TPSA) is 129 Å². The molecule has 0 aliphatic carbocycles. The molecule has 158 valence electrons. The largest absolute Gasteiger partial charge is 0.505 e. The number of para-hydroxylation sites is 1. The first-order valence-electron chi connectivity index (χ1n) is 9.69. The first-order chi connectivity index (χ1) is 14.7. The number of rotatable bonds is 3. The Kier molecular flexibility index (Phi) is 4.77. The number of nitrogen functional groups attached to an aromatic ring is 2. The van der Waals surface area contributed by atoms with Gasteiger partial charge in [0.15, 0.2) is 5.75 Å². The minimum absolute atomic E-state index is 0.0334. The van der Waals surface area contributed by atoms with Crippen molar-refractivity contribution in [1.29, 1.82) is 0 Å². The van der Waals surface area contributed by atoms with Crippen LogP contribution >= 0.6 is 0 Å².